The third-order valence-electron chi connectivity index (χ3n) is 5.06. The number of carbonyl (C=O) groups is 1. The van der Waals surface area contributed by atoms with Gasteiger partial charge in [-0.25, -0.2) is 0 Å². The van der Waals surface area contributed by atoms with Crippen LogP contribution in [0.25, 0.3) is 0 Å². The number of rotatable bonds is 5. The van der Waals surface area contributed by atoms with E-state index in [2.05, 4.69) is 15.3 Å². The van der Waals surface area contributed by atoms with Gasteiger partial charge in [-0.1, -0.05) is 13.8 Å². The fourth-order valence-corrected chi connectivity index (χ4v) is 3.37. The molecule has 0 saturated heterocycles. The highest BCUT2D eigenvalue weighted by atomic mass is 16.5. The summed E-state index contributed by atoms with van der Waals surface area (Å²) < 4.78 is 6.05. The van der Waals surface area contributed by atoms with Crippen molar-refractivity contribution in [3.05, 3.63) is 57.8 Å². The molecule has 0 aromatic carbocycles. The quantitative estimate of drug-likeness (QED) is 0.847. The number of amides is 1. The second kappa shape index (κ2) is 8.37. The van der Waals surface area contributed by atoms with E-state index in [0.717, 1.165) is 42.8 Å². The van der Waals surface area contributed by atoms with Gasteiger partial charge in [0.1, 0.15) is 11.3 Å². The summed E-state index contributed by atoms with van der Waals surface area (Å²) >= 11 is 0. The third kappa shape index (κ3) is 4.76. The Kier molecular flexibility index (Phi) is 5.94. The van der Waals surface area contributed by atoms with Crippen LogP contribution >= 0.6 is 0 Å². The lowest BCUT2D eigenvalue weighted by Crippen LogP contribution is -2.41. The first-order valence-corrected chi connectivity index (χ1v) is 9.56. The largest absolute Gasteiger partial charge is 0.489 e. The number of aromatic nitrogens is 2. The van der Waals surface area contributed by atoms with Gasteiger partial charge in [-0.15, -0.1) is 0 Å². The number of hydrogen-bond acceptors (Lipinski definition) is 4. The molecule has 0 unspecified atom stereocenters. The fraction of sp³-hybridized carbons (Fsp3) is 0.476. The average molecular weight is 369 g/mol. The molecule has 6 heteroatoms. The topological polar surface area (TPSA) is 84.1 Å². The van der Waals surface area contributed by atoms with Crippen molar-refractivity contribution < 1.29 is 9.53 Å². The summed E-state index contributed by atoms with van der Waals surface area (Å²) in [6.45, 7) is 5.93. The molecule has 1 fully saturated rings. The molecule has 0 spiro atoms. The molecule has 27 heavy (non-hydrogen) atoms. The number of carbonyl (C=O) groups excluding carboxylic acids is 1. The van der Waals surface area contributed by atoms with Crippen LogP contribution in [0.2, 0.25) is 0 Å². The zero-order chi connectivity index (χ0) is 19.4. The van der Waals surface area contributed by atoms with E-state index in [9.17, 15) is 9.59 Å². The minimum absolute atomic E-state index is 0.0662. The molecule has 1 saturated carbocycles. The van der Waals surface area contributed by atoms with Gasteiger partial charge in [-0.05, 0) is 62.8 Å². The summed E-state index contributed by atoms with van der Waals surface area (Å²) in [6.07, 6.45) is 5.28. The van der Waals surface area contributed by atoms with Gasteiger partial charge in [0, 0.05) is 17.9 Å². The van der Waals surface area contributed by atoms with E-state index < -0.39 is 0 Å². The zero-order valence-electron chi connectivity index (χ0n) is 16.1. The van der Waals surface area contributed by atoms with Crippen LogP contribution < -0.4 is 15.6 Å². The second-order valence-corrected chi connectivity index (χ2v) is 7.46. The van der Waals surface area contributed by atoms with Gasteiger partial charge in [-0.3, -0.25) is 14.6 Å². The number of aromatic amines is 1. The fourth-order valence-electron chi connectivity index (χ4n) is 3.37. The molecule has 2 aromatic heterocycles. The molecule has 2 aromatic rings. The van der Waals surface area contributed by atoms with Crippen molar-refractivity contribution in [2.24, 2.45) is 0 Å². The van der Waals surface area contributed by atoms with Gasteiger partial charge < -0.3 is 15.0 Å². The van der Waals surface area contributed by atoms with E-state index in [1.807, 2.05) is 39.0 Å². The molecule has 1 amide bonds. The number of nitrogens with one attached hydrogen (secondary N) is 2. The van der Waals surface area contributed by atoms with Crippen molar-refractivity contribution in [1.82, 2.24) is 15.3 Å². The standard InChI is InChI=1S/C21H27N3O3/c1-13(2)18-11-10-17(21(26)24-18)20(25)23-15-6-8-16(9-7-15)27-19-5-4-12-22-14(19)3/h4-5,10-13,15-16H,6-9H2,1-3H3,(H,23,25)(H,24,26). The maximum Gasteiger partial charge on any atom is 0.261 e. The van der Waals surface area contributed by atoms with Gasteiger partial charge in [0.05, 0.1) is 11.8 Å². The molecule has 1 aliphatic rings. The van der Waals surface area contributed by atoms with Crippen molar-refractivity contribution in [1.29, 1.82) is 0 Å². The summed E-state index contributed by atoms with van der Waals surface area (Å²) in [4.78, 5) is 31.7. The highest BCUT2D eigenvalue weighted by Crippen LogP contribution is 2.25. The Bertz CT molecular complexity index is 852. The Balaban J connectivity index is 1.54. The lowest BCUT2D eigenvalue weighted by atomic mass is 9.92. The molecule has 0 atom stereocenters. The highest BCUT2D eigenvalue weighted by Gasteiger charge is 2.25. The Labute approximate surface area is 159 Å². The van der Waals surface area contributed by atoms with Crippen LogP contribution in [0.4, 0.5) is 0 Å². The summed E-state index contributed by atoms with van der Waals surface area (Å²) in [5, 5.41) is 2.99. The summed E-state index contributed by atoms with van der Waals surface area (Å²) in [7, 11) is 0. The van der Waals surface area contributed by atoms with Crippen LogP contribution in [0.15, 0.2) is 35.3 Å². The van der Waals surface area contributed by atoms with E-state index in [1.54, 1.807) is 12.3 Å². The summed E-state index contributed by atoms with van der Waals surface area (Å²) in [5.74, 6) is 0.731. The zero-order valence-corrected chi connectivity index (χ0v) is 16.1. The van der Waals surface area contributed by atoms with Crippen molar-refractivity contribution >= 4 is 5.91 Å². The van der Waals surface area contributed by atoms with E-state index in [4.69, 9.17) is 4.74 Å². The first kappa shape index (κ1) is 19.1. The summed E-state index contributed by atoms with van der Waals surface area (Å²) in [6, 6.07) is 7.29. The van der Waals surface area contributed by atoms with Gasteiger partial charge in [0.25, 0.3) is 11.5 Å². The lowest BCUT2D eigenvalue weighted by molar-refractivity contribution is 0.0891. The normalized spacial score (nSPS) is 19.7. The second-order valence-electron chi connectivity index (χ2n) is 7.46. The van der Waals surface area contributed by atoms with Gasteiger partial charge in [0.2, 0.25) is 0 Å². The molecular weight excluding hydrogens is 342 g/mol. The van der Waals surface area contributed by atoms with Crippen LogP contribution in [0, 0.1) is 6.92 Å². The number of pyridine rings is 2. The van der Waals surface area contributed by atoms with Crippen LogP contribution in [0.3, 0.4) is 0 Å². The smallest absolute Gasteiger partial charge is 0.261 e. The number of hydrogen-bond donors (Lipinski definition) is 2. The van der Waals surface area contributed by atoms with Crippen LogP contribution in [-0.4, -0.2) is 28.0 Å². The van der Waals surface area contributed by atoms with E-state index in [1.165, 1.54) is 0 Å². The van der Waals surface area contributed by atoms with Crippen molar-refractivity contribution in [2.75, 3.05) is 0 Å². The number of aryl methyl sites for hydroxylation is 1. The van der Waals surface area contributed by atoms with Crippen LogP contribution in [0.5, 0.6) is 5.75 Å². The Morgan fingerprint density at radius 1 is 1.22 bits per heavy atom. The van der Waals surface area contributed by atoms with Crippen molar-refractivity contribution in [2.45, 2.75) is 64.5 Å². The summed E-state index contributed by atoms with van der Waals surface area (Å²) in [5.41, 5.74) is 1.56. The minimum Gasteiger partial charge on any atom is -0.489 e. The molecule has 0 radical (unpaired) electrons. The van der Waals surface area contributed by atoms with E-state index in [-0.39, 0.29) is 35.1 Å². The number of H-pyrrole nitrogens is 1. The third-order valence-corrected chi connectivity index (χ3v) is 5.06. The molecular formula is C21H27N3O3. The van der Waals surface area contributed by atoms with Crippen LogP contribution in [0.1, 0.15) is 67.2 Å². The Morgan fingerprint density at radius 3 is 2.59 bits per heavy atom. The van der Waals surface area contributed by atoms with E-state index in [0.29, 0.717) is 0 Å². The van der Waals surface area contributed by atoms with Gasteiger partial charge in [0.15, 0.2) is 0 Å². The molecule has 0 aliphatic heterocycles. The first-order chi connectivity index (χ1) is 12.9. The highest BCUT2D eigenvalue weighted by molar-refractivity contribution is 5.94. The Morgan fingerprint density at radius 2 is 1.96 bits per heavy atom. The number of nitrogens with zero attached hydrogens (tertiary/aromatic N) is 1. The molecule has 3 rings (SSSR count). The van der Waals surface area contributed by atoms with Crippen molar-refractivity contribution in [3.8, 4) is 5.75 Å². The minimum atomic E-state index is -0.331. The maximum absolute atomic E-state index is 12.5. The molecule has 144 valence electrons. The molecule has 2 heterocycles. The predicted molar refractivity (Wildman–Crippen MR) is 104 cm³/mol. The lowest BCUT2D eigenvalue weighted by Gasteiger charge is -2.29. The SMILES string of the molecule is Cc1ncccc1OC1CCC(NC(=O)c2ccc(C(C)C)[nH]c2=O)CC1. The van der Waals surface area contributed by atoms with Gasteiger partial charge >= 0.3 is 0 Å². The van der Waals surface area contributed by atoms with E-state index >= 15 is 0 Å². The molecule has 2 N–H and O–H groups in total. The first-order valence-electron chi connectivity index (χ1n) is 9.56. The molecule has 1 aliphatic carbocycles. The monoisotopic (exact) mass is 369 g/mol. The Hall–Kier alpha value is -2.63. The average Bonchev–Trinajstić information content (AvgIpc) is 2.65. The van der Waals surface area contributed by atoms with Crippen LogP contribution in [-0.2, 0) is 0 Å². The van der Waals surface area contributed by atoms with Crippen molar-refractivity contribution in [3.63, 3.8) is 0 Å². The molecule has 0 bridgehead atoms. The van der Waals surface area contributed by atoms with Gasteiger partial charge in [-0.2, -0.15) is 0 Å². The molecule has 6 nitrogen and oxygen atoms in total. The number of ether oxygens (including phenoxy) is 1. The maximum atomic E-state index is 12.5. The predicted octanol–water partition coefficient (Wildman–Crippen LogP) is 3.32.